The number of carbonyl (C=O) groups is 3. The molecule has 0 aliphatic carbocycles. The molecule has 1 N–H and O–H groups in total. The van der Waals surface area contributed by atoms with Crippen molar-refractivity contribution in [2.24, 2.45) is 5.92 Å². The average Bonchev–Trinajstić information content (AvgIpc) is 2.68. The van der Waals surface area contributed by atoms with E-state index in [0.717, 1.165) is 0 Å². The van der Waals surface area contributed by atoms with Crippen molar-refractivity contribution in [2.45, 2.75) is 32.7 Å². The molecule has 1 rings (SSSR count). The molecule has 1 unspecified atom stereocenters. The lowest BCUT2D eigenvalue weighted by Crippen LogP contribution is -2.41. The van der Waals surface area contributed by atoms with Crippen molar-refractivity contribution >= 4 is 30.2 Å². The Bertz CT molecular complexity index is 346. The number of ketones is 1. The molecular formula is C12H20N2O3S. The molecule has 1 aliphatic rings. The van der Waals surface area contributed by atoms with E-state index >= 15 is 0 Å². The Morgan fingerprint density at radius 2 is 2.22 bits per heavy atom. The Morgan fingerprint density at radius 3 is 2.72 bits per heavy atom. The van der Waals surface area contributed by atoms with E-state index in [1.165, 1.54) is 6.92 Å². The maximum absolute atomic E-state index is 11.8. The first kappa shape index (κ1) is 15.0. The van der Waals surface area contributed by atoms with Gasteiger partial charge in [-0.05, 0) is 13.3 Å². The molecule has 0 aromatic heterocycles. The van der Waals surface area contributed by atoms with Gasteiger partial charge in [-0.2, -0.15) is 12.6 Å². The Balaban J connectivity index is 2.53. The van der Waals surface area contributed by atoms with Gasteiger partial charge in [-0.15, -0.1) is 0 Å². The zero-order chi connectivity index (χ0) is 13.7. The van der Waals surface area contributed by atoms with E-state index in [9.17, 15) is 14.4 Å². The van der Waals surface area contributed by atoms with Crippen molar-refractivity contribution < 1.29 is 14.4 Å². The molecule has 18 heavy (non-hydrogen) atoms. The van der Waals surface area contributed by atoms with Crippen LogP contribution in [0.5, 0.6) is 0 Å². The third kappa shape index (κ3) is 3.73. The van der Waals surface area contributed by atoms with Crippen molar-refractivity contribution in [2.75, 3.05) is 18.8 Å². The molecule has 2 amide bonds. The van der Waals surface area contributed by atoms with Gasteiger partial charge in [0.05, 0.1) is 11.8 Å². The highest BCUT2D eigenvalue weighted by atomic mass is 32.1. The monoisotopic (exact) mass is 272 g/mol. The minimum Gasteiger partial charge on any atom is -0.355 e. The fourth-order valence-corrected chi connectivity index (χ4v) is 2.40. The normalized spacial score (nSPS) is 20.9. The second kappa shape index (κ2) is 6.78. The van der Waals surface area contributed by atoms with Crippen LogP contribution in [0.2, 0.25) is 0 Å². The summed E-state index contributed by atoms with van der Waals surface area (Å²) in [7, 11) is 0. The fourth-order valence-electron chi connectivity index (χ4n) is 2.29. The van der Waals surface area contributed by atoms with Gasteiger partial charge in [-0.25, -0.2) is 0 Å². The molecule has 1 aliphatic heterocycles. The zero-order valence-corrected chi connectivity index (χ0v) is 11.7. The van der Waals surface area contributed by atoms with Crippen molar-refractivity contribution in [1.82, 2.24) is 10.2 Å². The molecule has 5 nitrogen and oxygen atoms in total. The van der Waals surface area contributed by atoms with Crippen LogP contribution in [0.15, 0.2) is 0 Å². The second-order valence-corrected chi connectivity index (χ2v) is 4.93. The number of Topliss-reactive ketones (excluding diaryl/α,β-unsaturated/α-hetero) is 1. The third-order valence-corrected chi connectivity index (χ3v) is 3.49. The highest BCUT2D eigenvalue weighted by molar-refractivity contribution is 7.81. The van der Waals surface area contributed by atoms with Gasteiger partial charge in [0.25, 0.3) is 0 Å². The van der Waals surface area contributed by atoms with E-state index < -0.39 is 0 Å². The molecule has 0 aromatic rings. The maximum Gasteiger partial charge on any atom is 0.229 e. The first-order valence-corrected chi connectivity index (χ1v) is 6.80. The highest BCUT2D eigenvalue weighted by Gasteiger charge is 2.35. The van der Waals surface area contributed by atoms with Crippen molar-refractivity contribution in [3.8, 4) is 0 Å². The maximum atomic E-state index is 11.8. The minimum absolute atomic E-state index is 0.00201. The molecule has 2 atom stereocenters. The third-order valence-electron chi connectivity index (χ3n) is 3.20. The first-order valence-electron chi connectivity index (χ1n) is 6.17. The standard InChI is InChI=1S/C12H20N2O3S/c1-3-10(8(2)15)14-6-9(4-12(14)17)5-13-11(16)7-18/h9-10,18H,3-7H2,1-2H3,(H,13,16)/t9?,10-/m0/s1. The number of nitrogens with zero attached hydrogens (tertiary/aromatic N) is 1. The summed E-state index contributed by atoms with van der Waals surface area (Å²) in [4.78, 5) is 36.0. The van der Waals surface area contributed by atoms with E-state index in [2.05, 4.69) is 17.9 Å². The number of rotatable bonds is 6. The minimum atomic E-state index is -0.317. The number of hydrogen-bond acceptors (Lipinski definition) is 4. The van der Waals surface area contributed by atoms with Crippen LogP contribution in [0.4, 0.5) is 0 Å². The summed E-state index contributed by atoms with van der Waals surface area (Å²) in [5, 5.41) is 2.72. The Hall–Kier alpha value is -1.04. The molecule has 1 saturated heterocycles. The Morgan fingerprint density at radius 1 is 1.56 bits per heavy atom. The number of amides is 2. The van der Waals surface area contributed by atoms with Crippen LogP contribution >= 0.6 is 12.6 Å². The van der Waals surface area contributed by atoms with Gasteiger partial charge in [-0.3, -0.25) is 14.4 Å². The van der Waals surface area contributed by atoms with Crippen LogP contribution in [0.3, 0.4) is 0 Å². The lowest BCUT2D eigenvalue weighted by atomic mass is 10.1. The SMILES string of the molecule is CC[C@@H](C(C)=O)N1CC(CNC(=O)CS)CC1=O. The summed E-state index contributed by atoms with van der Waals surface area (Å²) >= 11 is 3.87. The average molecular weight is 272 g/mol. The molecule has 0 aromatic carbocycles. The van der Waals surface area contributed by atoms with Crippen LogP contribution in [-0.2, 0) is 14.4 Å². The predicted octanol–water partition coefficient (Wildman–Crippen LogP) is 0.248. The molecule has 0 spiro atoms. The van der Waals surface area contributed by atoms with Crippen molar-refractivity contribution in [3.05, 3.63) is 0 Å². The summed E-state index contributed by atoms with van der Waals surface area (Å²) in [6.07, 6.45) is 1.04. The lowest BCUT2D eigenvalue weighted by Gasteiger charge is -2.25. The van der Waals surface area contributed by atoms with Gasteiger partial charge in [-0.1, -0.05) is 6.92 Å². The van der Waals surface area contributed by atoms with Crippen molar-refractivity contribution in [1.29, 1.82) is 0 Å². The van der Waals surface area contributed by atoms with Gasteiger partial charge >= 0.3 is 0 Å². The van der Waals surface area contributed by atoms with E-state index in [-0.39, 0.29) is 35.3 Å². The lowest BCUT2D eigenvalue weighted by molar-refractivity contribution is -0.135. The van der Waals surface area contributed by atoms with Crippen LogP contribution in [0.1, 0.15) is 26.7 Å². The summed E-state index contributed by atoms with van der Waals surface area (Å²) in [5.74, 6) is 0.126. The van der Waals surface area contributed by atoms with Gasteiger partial charge in [0.2, 0.25) is 11.8 Å². The molecule has 0 radical (unpaired) electrons. The summed E-state index contributed by atoms with van der Waals surface area (Å²) in [5.41, 5.74) is 0. The summed E-state index contributed by atoms with van der Waals surface area (Å²) < 4.78 is 0. The molecule has 102 valence electrons. The smallest absolute Gasteiger partial charge is 0.229 e. The molecule has 1 heterocycles. The topological polar surface area (TPSA) is 66.5 Å². The number of likely N-dealkylation sites (tertiary alicyclic amines) is 1. The highest BCUT2D eigenvalue weighted by Crippen LogP contribution is 2.21. The van der Waals surface area contributed by atoms with Gasteiger partial charge in [0.15, 0.2) is 5.78 Å². The molecular weight excluding hydrogens is 252 g/mol. The first-order chi connectivity index (χ1) is 8.49. The summed E-state index contributed by atoms with van der Waals surface area (Å²) in [6.45, 7) is 4.42. The van der Waals surface area contributed by atoms with Gasteiger partial charge in [0.1, 0.15) is 0 Å². The molecule has 0 saturated carbocycles. The van der Waals surface area contributed by atoms with Crippen LogP contribution in [0, 0.1) is 5.92 Å². The molecule has 6 heteroatoms. The molecule has 0 bridgehead atoms. The number of thiol groups is 1. The van der Waals surface area contributed by atoms with Crippen LogP contribution in [-0.4, -0.2) is 47.4 Å². The fraction of sp³-hybridized carbons (Fsp3) is 0.750. The largest absolute Gasteiger partial charge is 0.355 e. The zero-order valence-electron chi connectivity index (χ0n) is 10.8. The van der Waals surface area contributed by atoms with E-state index in [4.69, 9.17) is 0 Å². The number of carbonyl (C=O) groups excluding carboxylic acids is 3. The van der Waals surface area contributed by atoms with E-state index in [0.29, 0.717) is 25.9 Å². The Labute approximate surface area is 113 Å². The van der Waals surface area contributed by atoms with Crippen LogP contribution in [0.25, 0.3) is 0 Å². The predicted molar refractivity (Wildman–Crippen MR) is 71.4 cm³/mol. The Kier molecular flexibility index (Phi) is 5.65. The van der Waals surface area contributed by atoms with Crippen molar-refractivity contribution in [3.63, 3.8) is 0 Å². The second-order valence-electron chi connectivity index (χ2n) is 4.61. The van der Waals surface area contributed by atoms with Crippen LogP contribution < -0.4 is 5.32 Å². The molecule has 1 fully saturated rings. The quantitative estimate of drug-likeness (QED) is 0.681. The van der Waals surface area contributed by atoms with Gasteiger partial charge < -0.3 is 10.2 Å². The van der Waals surface area contributed by atoms with E-state index in [1.54, 1.807) is 4.90 Å². The van der Waals surface area contributed by atoms with Gasteiger partial charge in [0, 0.05) is 25.4 Å². The van der Waals surface area contributed by atoms with E-state index in [1.807, 2.05) is 6.92 Å². The number of hydrogen-bond donors (Lipinski definition) is 2. The number of nitrogens with one attached hydrogen (secondary N) is 1. The summed E-state index contributed by atoms with van der Waals surface area (Å²) in [6, 6.07) is -0.317.